The van der Waals surface area contributed by atoms with Gasteiger partial charge in [-0.2, -0.15) is 0 Å². The van der Waals surface area contributed by atoms with E-state index in [0.29, 0.717) is 30.6 Å². The number of carbonyl (C=O) groups is 4. The van der Waals surface area contributed by atoms with Gasteiger partial charge in [0, 0.05) is 18.7 Å². The minimum absolute atomic E-state index is 0.0287. The number of ether oxygens (including phenoxy) is 1. The molecule has 0 unspecified atom stereocenters. The first kappa shape index (κ1) is 33.1. The molecule has 0 fully saturated rings. The second-order valence-corrected chi connectivity index (χ2v) is 12.6. The van der Waals surface area contributed by atoms with Crippen LogP contribution in [0.2, 0.25) is 10.0 Å². The number of fused-ring (bicyclic) bond motifs is 2. The average molecular weight is 686 g/mol. The number of rotatable bonds is 10. The maximum absolute atomic E-state index is 13.7. The molecule has 0 radical (unpaired) electrons. The van der Waals surface area contributed by atoms with E-state index in [4.69, 9.17) is 27.9 Å². The molecule has 4 amide bonds. The highest BCUT2D eigenvalue weighted by Crippen LogP contribution is 2.35. The molecule has 2 aliphatic rings. The number of esters is 1. The predicted octanol–water partition coefficient (Wildman–Crippen LogP) is 6.02. The van der Waals surface area contributed by atoms with Crippen molar-refractivity contribution in [2.45, 2.75) is 44.5 Å². The lowest BCUT2D eigenvalue weighted by molar-refractivity contribution is -0.147. The number of carbonyl (C=O) groups excluding carboxylic acids is 4. The number of amides is 4. The van der Waals surface area contributed by atoms with Gasteiger partial charge in [-0.05, 0) is 53.1 Å². The molecular formula is C37H34Cl2N4O5. The SMILES string of the molecule is O=C(NC[C@H](NC(=O)c1c(Cl)cc2c(c1Cl)CCN(Cc1ccccc1)C2=O)C(=O)OCc1ccccc1)N[C@@H]1CCc2ccccc21. The molecule has 0 bridgehead atoms. The molecule has 0 spiro atoms. The maximum Gasteiger partial charge on any atom is 0.330 e. The van der Waals surface area contributed by atoms with Gasteiger partial charge in [0.25, 0.3) is 11.8 Å². The molecule has 9 nitrogen and oxygen atoms in total. The Labute approximate surface area is 288 Å². The highest BCUT2D eigenvalue weighted by molar-refractivity contribution is 6.41. The van der Waals surface area contributed by atoms with E-state index in [9.17, 15) is 19.2 Å². The third-order valence-corrected chi connectivity index (χ3v) is 9.35. The third kappa shape index (κ3) is 7.48. The Kier molecular flexibility index (Phi) is 10.3. The Bertz CT molecular complexity index is 1840. The molecule has 2 atom stereocenters. The summed E-state index contributed by atoms with van der Waals surface area (Å²) in [6.07, 6.45) is 2.03. The van der Waals surface area contributed by atoms with E-state index in [1.54, 1.807) is 17.0 Å². The van der Waals surface area contributed by atoms with E-state index in [0.717, 1.165) is 29.5 Å². The predicted molar refractivity (Wildman–Crippen MR) is 183 cm³/mol. The van der Waals surface area contributed by atoms with Crippen LogP contribution >= 0.6 is 23.2 Å². The summed E-state index contributed by atoms with van der Waals surface area (Å²) in [4.78, 5) is 55.1. The molecule has 0 saturated carbocycles. The van der Waals surface area contributed by atoms with Crippen molar-refractivity contribution in [3.8, 4) is 0 Å². The molecule has 11 heteroatoms. The number of aryl methyl sites for hydroxylation is 1. The fourth-order valence-electron chi connectivity index (χ4n) is 6.14. The summed E-state index contributed by atoms with van der Waals surface area (Å²) >= 11 is 13.3. The fourth-order valence-corrected chi connectivity index (χ4v) is 6.86. The van der Waals surface area contributed by atoms with Crippen molar-refractivity contribution in [2.75, 3.05) is 13.1 Å². The van der Waals surface area contributed by atoms with Crippen molar-refractivity contribution in [1.29, 1.82) is 0 Å². The lowest BCUT2D eigenvalue weighted by Crippen LogP contribution is -2.51. The van der Waals surface area contributed by atoms with Gasteiger partial charge in [0.05, 0.1) is 28.2 Å². The van der Waals surface area contributed by atoms with Gasteiger partial charge in [0.15, 0.2) is 0 Å². The summed E-state index contributed by atoms with van der Waals surface area (Å²) in [5.41, 5.74) is 4.76. The molecule has 1 heterocycles. The van der Waals surface area contributed by atoms with Crippen LogP contribution in [0.25, 0.3) is 0 Å². The van der Waals surface area contributed by atoms with Gasteiger partial charge in [-0.25, -0.2) is 9.59 Å². The lowest BCUT2D eigenvalue weighted by Gasteiger charge is -2.30. The van der Waals surface area contributed by atoms with E-state index in [2.05, 4.69) is 16.0 Å². The van der Waals surface area contributed by atoms with Crippen molar-refractivity contribution in [1.82, 2.24) is 20.9 Å². The first-order valence-corrected chi connectivity index (χ1v) is 16.5. The number of hydrogen-bond donors (Lipinski definition) is 3. The highest BCUT2D eigenvalue weighted by atomic mass is 35.5. The van der Waals surface area contributed by atoms with Gasteiger partial charge in [-0.1, -0.05) is 108 Å². The topological polar surface area (TPSA) is 117 Å². The highest BCUT2D eigenvalue weighted by Gasteiger charge is 2.32. The molecule has 48 heavy (non-hydrogen) atoms. The number of nitrogens with one attached hydrogen (secondary N) is 3. The third-order valence-electron chi connectivity index (χ3n) is 8.63. The summed E-state index contributed by atoms with van der Waals surface area (Å²) in [6.45, 7) is 0.547. The maximum atomic E-state index is 13.7. The van der Waals surface area contributed by atoms with Crippen LogP contribution in [0.4, 0.5) is 4.79 Å². The van der Waals surface area contributed by atoms with Gasteiger partial charge >= 0.3 is 12.0 Å². The van der Waals surface area contributed by atoms with Crippen LogP contribution in [0, 0.1) is 0 Å². The Morgan fingerprint density at radius 1 is 0.896 bits per heavy atom. The number of hydrogen-bond acceptors (Lipinski definition) is 5. The van der Waals surface area contributed by atoms with Gasteiger partial charge in [0.1, 0.15) is 12.6 Å². The van der Waals surface area contributed by atoms with E-state index < -0.39 is 23.9 Å². The van der Waals surface area contributed by atoms with Crippen molar-refractivity contribution in [2.24, 2.45) is 0 Å². The molecule has 1 aliphatic heterocycles. The van der Waals surface area contributed by atoms with E-state index in [1.807, 2.05) is 72.8 Å². The largest absolute Gasteiger partial charge is 0.459 e. The van der Waals surface area contributed by atoms with E-state index in [1.165, 1.54) is 11.6 Å². The number of urea groups is 1. The van der Waals surface area contributed by atoms with Crippen molar-refractivity contribution < 1.29 is 23.9 Å². The second-order valence-electron chi connectivity index (χ2n) is 11.8. The van der Waals surface area contributed by atoms with Gasteiger partial charge in [-0.15, -0.1) is 0 Å². The van der Waals surface area contributed by atoms with Gasteiger partial charge in [-0.3, -0.25) is 9.59 Å². The molecule has 4 aromatic rings. The summed E-state index contributed by atoms with van der Waals surface area (Å²) < 4.78 is 5.52. The summed E-state index contributed by atoms with van der Waals surface area (Å²) in [5, 5.41) is 8.33. The minimum Gasteiger partial charge on any atom is -0.459 e. The van der Waals surface area contributed by atoms with Crippen LogP contribution in [0.3, 0.4) is 0 Å². The summed E-state index contributed by atoms with van der Waals surface area (Å²) in [6, 6.07) is 26.2. The molecule has 3 N–H and O–H groups in total. The standard InChI is InChI=1S/C37H34Cl2N4O5/c38-29-19-28-27(17-18-43(35(28)45)21-23-9-3-1-4-10-23)33(39)32(29)34(44)41-31(36(46)48-22-24-11-5-2-6-12-24)20-40-37(47)42-30-16-15-25-13-7-8-14-26(25)30/h1-14,19,30-31H,15-18,20-22H2,(H,41,44)(H2,40,42,47)/t30-,31+/m1/s1. The molecule has 246 valence electrons. The quantitative estimate of drug-likeness (QED) is 0.177. The smallest absolute Gasteiger partial charge is 0.330 e. The zero-order valence-corrected chi connectivity index (χ0v) is 27.5. The van der Waals surface area contributed by atoms with E-state index >= 15 is 0 Å². The van der Waals surface area contributed by atoms with Crippen molar-refractivity contribution in [3.05, 3.63) is 140 Å². The Morgan fingerprint density at radius 2 is 1.58 bits per heavy atom. The van der Waals surface area contributed by atoms with Crippen molar-refractivity contribution >= 4 is 47.0 Å². The van der Waals surface area contributed by atoms with Crippen LogP contribution in [-0.4, -0.2) is 47.8 Å². The van der Waals surface area contributed by atoms with Crippen LogP contribution in [0.5, 0.6) is 0 Å². The van der Waals surface area contributed by atoms with E-state index in [-0.39, 0.29) is 40.7 Å². The monoisotopic (exact) mass is 684 g/mol. The summed E-state index contributed by atoms with van der Waals surface area (Å²) in [7, 11) is 0. The van der Waals surface area contributed by atoms with Crippen LogP contribution in [0.15, 0.2) is 91.0 Å². The normalized spacial score (nSPS) is 15.6. The Balaban J connectivity index is 1.16. The van der Waals surface area contributed by atoms with Crippen molar-refractivity contribution in [3.63, 3.8) is 0 Å². The minimum atomic E-state index is -1.27. The average Bonchev–Trinajstić information content (AvgIpc) is 3.50. The van der Waals surface area contributed by atoms with Crippen LogP contribution < -0.4 is 16.0 Å². The number of benzene rings is 4. The number of halogens is 2. The van der Waals surface area contributed by atoms with Gasteiger partial charge in [0.2, 0.25) is 0 Å². The molecule has 4 aromatic carbocycles. The zero-order chi connectivity index (χ0) is 33.6. The van der Waals surface area contributed by atoms with Crippen LogP contribution in [-0.2, 0) is 35.5 Å². The Hall–Kier alpha value is -4.86. The summed E-state index contributed by atoms with van der Waals surface area (Å²) in [5.74, 6) is -1.73. The van der Waals surface area contributed by atoms with Gasteiger partial charge < -0.3 is 25.6 Å². The molecule has 1 aliphatic carbocycles. The molecule has 0 aromatic heterocycles. The fraction of sp³-hybridized carbons (Fsp3) is 0.243. The molecule has 0 saturated heterocycles. The lowest BCUT2D eigenvalue weighted by atomic mass is 9.95. The first-order chi connectivity index (χ1) is 23.3. The molecular weight excluding hydrogens is 651 g/mol. The van der Waals surface area contributed by atoms with Crippen LogP contribution in [0.1, 0.15) is 61.0 Å². The zero-order valence-electron chi connectivity index (χ0n) is 26.0. The second kappa shape index (κ2) is 14.9. The Morgan fingerprint density at radius 3 is 2.33 bits per heavy atom. The number of nitrogens with zero attached hydrogens (tertiary/aromatic N) is 1. The molecule has 6 rings (SSSR count). The first-order valence-electron chi connectivity index (χ1n) is 15.8.